The summed E-state index contributed by atoms with van der Waals surface area (Å²) in [6, 6.07) is 10.7. The molecule has 0 saturated carbocycles. The van der Waals surface area contributed by atoms with Crippen LogP contribution in [-0.2, 0) is 4.74 Å². The van der Waals surface area contributed by atoms with Gasteiger partial charge in [0.15, 0.2) is 5.82 Å². The predicted molar refractivity (Wildman–Crippen MR) is 92.6 cm³/mol. The molecule has 7 heteroatoms. The minimum atomic E-state index is 0.286. The van der Waals surface area contributed by atoms with Crippen LogP contribution < -0.4 is 20.7 Å². The molecule has 1 atom stereocenters. The summed E-state index contributed by atoms with van der Waals surface area (Å²) in [5.41, 5.74) is 8.95. The highest BCUT2D eigenvalue weighted by Crippen LogP contribution is 2.43. The molecule has 1 aromatic carbocycles. The number of morpholine rings is 1. The first-order chi connectivity index (χ1) is 11.9. The molecule has 0 amide bonds. The smallest absolute Gasteiger partial charge is 0.229 e. The first-order valence-corrected chi connectivity index (χ1v) is 8.49. The largest absolute Gasteiger partial charge is 0.378 e. The molecule has 124 valence electrons. The van der Waals surface area contributed by atoms with Crippen LogP contribution in [0, 0.1) is 0 Å². The Balaban J connectivity index is 1.61. The van der Waals surface area contributed by atoms with E-state index in [9.17, 15) is 0 Å². The molecule has 1 aromatic heterocycles. The summed E-state index contributed by atoms with van der Waals surface area (Å²) in [6.45, 7) is 4.06. The van der Waals surface area contributed by atoms with Crippen molar-refractivity contribution in [2.75, 3.05) is 48.1 Å². The fourth-order valence-electron chi connectivity index (χ4n) is 3.64. The molecule has 24 heavy (non-hydrogen) atoms. The van der Waals surface area contributed by atoms with Crippen LogP contribution in [0.3, 0.4) is 0 Å². The molecule has 0 spiro atoms. The molecule has 1 fully saturated rings. The summed E-state index contributed by atoms with van der Waals surface area (Å²) in [5.74, 6) is 2.71. The number of anilines is 4. The number of hydrogen-bond acceptors (Lipinski definition) is 7. The van der Waals surface area contributed by atoms with Crippen molar-refractivity contribution in [3.05, 3.63) is 35.9 Å². The standard InChI is InChI=1S/C17H20N6O/c1-2-4-12(5-3-1)23-7-6-13-14-15(21-20-13)18-17(19-16(14)23)22-8-10-24-11-9-22/h1-5,13,20H,6-11H2,(H,18,19,21). The SMILES string of the molecule is c1ccc(N2CCC3NNc4nc(N5CCOCC5)nc2c43)cc1. The van der Waals surface area contributed by atoms with Crippen molar-refractivity contribution >= 4 is 23.3 Å². The zero-order chi connectivity index (χ0) is 15.9. The Morgan fingerprint density at radius 1 is 1.04 bits per heavy atom. The molecule has 3 aliphatic heterocycles. The number of rotatable bonds is 2. The molecular formula is C17H20N6O. The maximum atomic E-state index is 5.45. The van der Waals surface area contributed by atoms with Crippen LogP contribution in [0.5, 0.6) is 0 Å². The lowest BCUT2D eigenvalue weighted by Gasteiger charge is -2.33. The summed E-state index contributed by atoms with van der Waals surface area (Å²) < 4.78 is 5.45. The van der Waals surface area contributed by atoms with Gasteiger partial charge >= 0.3 is 0 Å². The number of hydrogen-bond donors (Lipinski definition) is 2. The lowest BCUT2D eigenvalue weighted by molar-refractivity contribution is 0.122. The van der Waals surface area contributed by atoms with E-state index in [2.05, 4.69) is 44.9 Å². The molecule has 2 aromatic rings. The highest BCUT2D eigenvalue weighted by molar-refractivity contribution is 5.73. The summed E-state index contributed by atoms with van der Waals surface area (Å²) in [5, 5.41) is 0. The molecular weight excluding hydrogens is 304 g/mol. The second kappa shape index (κ2) is 5.61. The van der Waals surface area contributed by atoms with Gasteiger partial charge in [-0.2, -0.15) is 9.97 Å². The van der Waals surface area contributed by atoms with Gasteiger partial charge in [-0.25, -0.2) is 5.43 Å². The van der Waals surface area contributed by atoms with Gasteiger partial charge in [-0.15, -0.1) is 0 Å². The first kappa shape index (κ1) is 14.0. The third-order valence-corrected chi connectivity index (χ3v) is 4.89. The van der Waals surface area contributed by atoms with Gasteiger partial charge in [0.25, 0.3) is 0 Å². The third kappa shape index (κ3) is 2.20. The highest BCUT2D eigenvalue weighted by atomic mass is 16.5. The molecule has 7 nitrogen and oxygen atoms in total. The van der Waals surface area contributed by atoms with E-state index in [-0.39, 0.29) is 6.04 Å². The van der Waals surface area contributed by atoms with Gasteiger partial charge in [0.05, 0.1) is 24.8 Å². The third-order valence-electron chi connectivity index (χ3n) is 4.89. The molecule has 5 rings (SSSR count). The highest BCUT2D eigenvalue weighted by Gasteiger charge is 2.35. The molecule has 4 heterocycles. The molecule has 1 unspecified atom stereocenters. The van der Waals surface area contributed by atoms with E-state index < -0.39 is 0 Å². The van der Waals surface area contributed by atoms with Crippen molar-refractivity contribution in [1.29, 1.82) is 0 Å². The van der Waals surface area contributed by atoms with E-state index in [4.69, 9.17) is 14.7 Å². The van der Waals surface area contributed by atoms with E-state index in [1.54, 1.807) is 0 Å². The minimum Gasteiger partial charge on any atom is -0.378 e. The number of benzene rings is 1. The molecule has 3 aliphatic rings. The van der Waals surface area contributed by atoms with Crippen LogP contribution in [0.25, 0.3) is 0 Å². The number of para-hydroxylation sites is 1. The van der Waals surface area contributed by atoms with Crippen LogP contribution in [0.15, 0.2) is 30.3 Å². The van der Waals surface area contributed by atoms with Crippen LogP contribution >= 0.6 is 0 Å². The lowest BCUT2D eigenvalue weighted by atomic mass is 10.0. The van der Waals surface area contributed by atoms with E-state index in [1.165, 1.54) is 11.3 Å². The van der Waals surface area contributed by atoms with Gasteiger partial charge in [0, 0.05) is 25.3 Å². The maximum Gasteiger partial charge on any atom is 0.229 e. The van der Waals surface area contributed by atoms with Crippen molar-refractivity contribution < 1.29 is 4.74 Å². The van der Waals surface area contributed by atoms with Crippen LogP contribution in [0.2, 0.25) is 0 Å². The van der Waals surface area contributed by atoms with Gasteiger partial charge < -0.3 is 20.0 Å². The van der Waals surface area contributed by atoms with Crippen molar-refractivity contribution in [2.45, 2.75) is 12.5 Å². The summed E-state index contributed by atoms with van der Waals surface area (Å²) in [4.78, 5) is 14.2. The van der Waals surface area contributed by atoms with Crippen molar-refractivity contribution in [1.82, 2.24) is 15.4 Å². The number of hydrazine groups is 1. The summed E-state index contributed by atoms with van der Waals surface area (Å²) in [7, 11) is 0. The van der Waals surface area contributed by atoms with E-state index >= 15 is 0 Å². The Bertz CT molecular complexity index is 746. The predicted octanol–water partition coefficient (Wildman–Crippen LogP) is 1.83. The van der Waals surface area contributed by atoms with E-state index in [0.29, 0.717) is 0 Å². The average Bonchev–Trinajstić information content (AvgIpc) is 3.08. The Kier molecular flexibility index (Phi) is 3.27. The van der Waals surface area contributed by atoms with E-state index in [1.807, 2.05) is 6.07 Å². The number of ether oxygens (including phenoxy) is 1. The summed E-state index contributed by atoms with van der Waals surface area (Å²) in [6.07, 6.45) is 1.03. The topological polar surface area (TPSA) is 65.5 Å². The zero-order valence-corrected chi connectivity index (χ0v) is 13.4. The van der Waals surface area contributed by atoms with Crippen LogP contribution in [-0.4, -0.2) is 42.8 Å². The second-order valence-corrected chi connectivity index (χ2v) is 6.31. The zero-order valence-electron chi connectivity index (χ0n) is 13.4. The lowest BCUT2D eigenvalue weighted by Crippen LogP contribution is -2.38. The Morgan fingerprint density at radius 2 is 1.88 bits per heavy atom. The van der Waals surface area contributed by atoms with Gasteiger partial charge in [-0.3, -0.25) is 0 Å². The van der Waals surface area contributed by atoms with Crippen molar-refractivity contribution in [2.24, 2.45) is 0 Å². The average molecular weight is 324 g/mol. The maximum absolute atomic E-state index is 5.45. The Hall–Kier alpha value is -2.38. The van der Waals surface area contributed by atoms with Crippen LogP contribution in [0.4, 0.5) is 23.3 Å². The van der Waals surface area contributed by atoms with Crippen LogP contribution in [0.1, 0.15) is 18.0 Å². The Morgan fingerprint density at radius 3 is 2.71 bits per heavy atom. The number of nitrogens with zero attached hydrogens (tertiary/aromatic N) is 4. The van der Waals surface area contributed by atoms with E-state index in [0.717, 1.165) is 56.9 Å². The second-order valence-electron chi connectivity index (χ2n) is 6.31. The normalized spacial score (nSPS) is 22.2. The van der Waals surface area contributed by atoms with Gasteiger partial charge in [-0.05, 0) is 18.6 Å². The van der Waals surface area contributed by atoms with Gasteiger partial charge in [-0.1, -0.05) is 18.2 Å². The fourth-order valence-corrected chi connectivity index (χ4v) is 3.64. The monoisotopic (exact) mass is 324 g/mol. The quantitative estimate of drug-likeness (QED) is 0.873. The van der Waals surface area contributed by atoms with Crippen molar-refractivity contribution in [3.63, 3.8) is 0 Å². The molecule has 1 saturated heterocycles. The minimum absolute atomic E-state index is 0.286. The first-order valence-electron chi connectivity index (χ1n) is 8.49. The van der Waals surface area contributed by atoms with Gasteiger partial charge in [0.1, 0.15) is 5.82 Å². The Labute approximate surface area is 140 Å². The number of nitrogens with one attached hydrogen (secondary N) is 2. The fraction of sp³-hybridized carbons (Fsp3) is 0.412. The van der Waals surface area contributed by atoms with Gasteiger partial charge in [0.2, 0.25) is 5.95 Å². The molecule has 0 aliphatic carbocycles. The molecule has 2 N–H and O–H groups in total. The number of aromatic nitrogens is 2. The van der Waals surface area contributed by atoms with Crippen molar-refractivity contribution in [3.8, 4) is 0 Å². The molecule has 0 bridgehead atoms. The molecule has 0 radical (unpaired) electrons. The summed E-state index contributed by atoms with van der Waals surface area (Å²) >= 11 is 0.